The lowest BCUT2D eigenvalue weighted by Crippen LogP contribution is -2.58. The molecule has 3 aliphatic heterocycles. The van der Waals surface area contributed by atoms with Crippen LogP contribution >= 0.6 is 0 Å². The molecule has 0 N–H and O–H groups in total. The van der Waals surface area contributed by atoms with Crippen molar-refractivity contribution in [3.05, 3.63) is 23.8 Å². The summed E-state index contributed by atoms with van der Waals surface area (Å²) in [5.41, 5.74) is -0.806. The summed E-state index contributed by atoms with van der Waals surface area (Å²) in [5.74, 6) is -2.59. The van der Waals surface area contributed by atoms with E-state index in [4.69, 9.17) is 23.7 Å². The number of likely N-dealkylation sites (tertiary alicyclic amines) is 1. The van der Waals surface area contributed by atoms with Crippen molar-refractivity contribution in [2.75, 3.05) is 19.9 Å². The van der Waals surface area contributed by atoms with Crippen LogP contribution in [0.2, 0.25) is 0 Å². The van der Waals surface area contributed by atoms with Gasteiger partial charge in [0.05, 0.1) is 0 Å². The number of fused-ring (bicyclic) bond motifs is 1. The van der Waals surface area contributed by atoms with Crippen LogP contribution in [0.15, 0.2) is 18.2 Å². The normalized spacial score (nSPS) is 22.2. The van der Waals surface area contributed by atoms with Gasteiger partial charge in [-0.3, -0.25) is 9.59 Å². The van der Waals surface area contributed by atoms with Crippen LogP contribution in [0.3, 0.4) is 0 Å². The molecule has 3 aliphatic rings. The van der Waals surface area contributed by atoms with Gasteiger partial charge in [-0.1, -0.05) is 6.07 Å². The predicted molar refractivity (Wildman–Crippen MR) is 111 cm³/mol. The Morgan fingerprint density at radius 1 is 1.03 bits per heavy atom. The molecule has 9 nitrogen and oxygen atoms in total. The second kappa shape index (κ2) is 7.56. The number of nitrogens with zero attached hydrogens (tertiary/aromatic N) is 1. The smallest absolute Gasteiger partial charge is 0.410 e. The molecule has 174 valence electrons. The number of ether oxygens (including phenoxy) is 5. The van der Waals surface area contributed by atoms with Gasteiger partial charge in [0.15, 0.2) is 17.4 Å². The van der Waals surface area contributed by atoms with Gasteiger partial charge < -0.3 is 28.6 Å². The van der Waals surface area contributed by atoms with E-state index in [1.807, 2.05) is 26.8 Å². The number of amides is 1. The zero-order valence-corrected chi connectivity index (χ0v) is 19.1. The first kappa shape index (κ1) is 22.2. The van der Waals surface area contributed by atoms with Crippen molar-refractivity contribution >= 4 is 18.0 Å². The van der Waals surface area contributed by atoms with Gasteiger partial charge in [-0.05, 0) is 51.3 Å². The molecular weight excluding hydrogens is 418 g/mol. The highest BCUT2D eigenvalue weighted by Crippen LogP contribution is 2.48. The zero-order chi connectivity index (χ0) is 23.3. The number of piperidine rings is 1. The maximum Gasteiger partial charge on any atom is 0.410 e. The fourth-order valence-corrected chi connectivity index (χ4v) is 4.54. The van der Waals surface area contributed by atoms with E-state index in [9.17, 15) is 14.4 Å². The van der Waals surface area contributed by atoms with E-state index in [0.717, 1.165) is 5.56 Å². The number of benzene rings is 1. The Kier molecular flexibility index (Phi) is 5.26. The largest absolute Gasteiger partial charge is 0.454 e. The molecule has 0 unspecified atom stereocenters. The minimum Gasteiger partial charge on any atom is -0.454 e. The monoisotopic (exact) mass is 447 g/mol. The molecule has 0 aliphatic carbocycles. The molecule has 0 bridgehead atoms. The lowest BCUT2D eigenvalue weighted by molar-refractivity contribution is -0.244. The number of rotatable bonds is 2. The maximum absolute atomic E-state index is 13.1. The summed E-state index contributed by atoms with van der Waals surface area (Å²) in [6.45, 7) is 9.20. The van der Waals surface area contributed by atoms with E-state index in [2.05, 4.69) is 0 Å². The summed E-state index contributed by atoms with van der Waals surface area (Å²) >= 11 is 0. The molecule has 0 spiro atoms. The summed E-state index contributed by atoms with van der Waals surface area (Å²) in [6, 6.07) is 5.39. The summed E-state index contributed by atoms with van der Waals surface area (Å²) in [7, 11) is 0. The summed E-state index contributed by atoms with van der Waals surface area (Å²) < 4.78 is 27.3. The average molecular weight is 447 g/mol. The van der Waals surface area contributed by atoms with Crippen molar-refractivity contribution < 1.29 is 38.1 Å². The highest BCUT2D eigenvalue weighted by molar-refractivity contribution is 5.98. The third-order valence-corrected chi connectivity index (χ3v) is 5.97. The van der Waals surface area contributed by atoms with Crippen LogP contribution in [0.1, 0.15) is 53.0 Å². The topological polar surface area (TPSA) is 101 Å². The van der Waals surface area contributed by atoms with E-state index in [0.29, 0.717) is 37.4 Å². The van der Waals surface area contributed by atoms with E-state index in [1.54, 1.807) is 17.0 Å². The summed E-state index contributed by atoms with van der Waals surface area (Å²) in [6.07, 6.45) is 0.272. The number of hydrogen-bond acceptors (Lipinski definition) is 8. The Hall–Kier alpha value is -2.97. The third-order valence-electron chi connectivity index (χ3n) is 5.97. The van der Waals surface area contributed by atoms with E-state index >= 15 is 0 Å². The molecule has 2 saturated heterocycles. The minimum atomic E-state index is -1.32. The van der Waals surface area contributed by atoms with Crippen molar-refractivity contribution in [3.8, 4) is 11.5 Å². The van der Waals surface area contributed by atoms with Crippen LogP contribution in [0.5, 0.6) is 11.5 Å². The Labute approximate surface area is 186 Å². The van der Waals surface area contributed by atoms with Gasteiger partial charge in [-0.2, -0.15) is 0 Å². The Balaban J connectivity index is 1.67. The van der Waals surface area contributed by atoms with E-state index in [1.165, 1.54) is 13.8 Å². The first-order valence-corrected chi connectivity index (χ1v) is 10.7. The first-order chi connectivity index (χ1) is 14.9. The Morgan fingerprint density at radius 2 is 1.62 bits per heavy atom. The lowest BCUT2D eigenvalue weighted by Gasteiger charge is -2.47. The molecule has 0 aromatic heterocycles. The van der Waals surface area contributed by atoms with Gasteiger partial charge in [0.1, 0.15) is 5.60 Å². The molecule has 0 saturated carbocycles. The SMILES string of the molecule is CC(C)(C)OC(=O)N1CCC(c2ccc3c(c2)OCO3)(C2C(=O)OC(C)(C)OC2=O)CC1. The van der Waals surface area contributed by atoms with E-state index < -0.39 is 40.8 Å². The maximum atomic E-state index is 13.1. The number of esters is 2. The molecule has 32 heavy (non-hydrogen) atoms. The molecule has 0 radical (unpaired) electrons. The molecule has 1 aromatic carbocycles. The van der Waals surface area contributed by atoms with Crippen LogP contribution < -0.4 is 9.47 Å². The number of hydrogen-bond donors (Lipinski definition) is 0. The summed E-state index contributed by atoms with van der Waals surface area (Å²) in [4.78, 5) is 40.3. The second-order valence-electron chi connectivity index (χ2n) is 9.87. The zero-order valence-electron chi connectivity index (χ0n) is 19.1. The van der Waals surface area contributed by atoms with Gasteiger partial charge in [-0.15, -0.1) is 0 Å². The van der Waals surface area contributed by atoms with Gasteiger partial charge in [0.2, 0.25) is 6.79 Å². The van der Waals surface area contributed by atoms with Crippen molar-refractivity contribution in [1.82, 2.24) is 4.90 Å². The lowest BCUT2D eigenvalue weighted by atomic mass is 9.64. The molecule has 1 amide bonds. The Bertz CT molecular complexity index is 920. The van der Waals surface area contributed by atoms with Gasteiger partial charge in [0.25, 0.3) is 5.79 Å². The number of carbonyl (C=O) groups is 3. The quantitative estimate of drug-likeness (QED) is 0.504. The van der Waals surface area contributed by atoms with Crippen LogP contribution in [0.25, 0.3) is 0 Å². The standard InChI is InChI=1S/C23H29NO8/c1-21(2,3)32-20(27)24-10-8-23(9-11-24,14-6-7-15-16(12-14)29-13-28-15)17-18(25)30-22(4,5)31-19(17)26/h6-7,12,17H,8-11,13H2,1-5H3. The minimum absolute atomic E-state index is 0.111. The number of carbonyl (C=O) groups excluding carboxylic acids is 3. The van der Waals surface area contributed by atoms with Crippen molar-refractivity contribution in [3.63, 3.8) is 0 Å². The van der Waals surface area contributed by atoms with Crippen molar-refractivity contribution in [1.29, 1.82) is 0 Å². The van der Waals surface area contributed by atoms with Gasteiger partial charge >= 0.3 is 18.0 Å². The molecule has 2 fully saturated rings. The molecule has 0 atom stereocenters. The van der Waals surface area contributed by atoms with Crippen molar-refractivity contribution in [2.24, 2.45) is 5.92 Å². The van der Waals surface area contributed by atoms with Gasteiger partial charge in [0, 0.05) is 32.4 Å². The molecular formula is C23H29NO8. The molecule has 1 aromatic rings. The molecule has 4 rings (SSSR count). The fraction of sp³-hybridized carbons (Fsp3) is 0.609. The number of cyclic esters (lactones) is 2. The van der Waals surface area contributed by atoms with Crippen LogP contribution in [0, 0.1) is 5.92 Å². The third kappa shape index (κ3) is 4.08. The predicted octanol–water partition coefficient (Wildman–Crippen LogP) is 3.14. The Morgan fingerprint density at radius 3 is 2.22 bits per heavy atom. The van der Waals surface area contributed by atoms with Crippen LogP contribution in [-0.4, -0.2) is 54.2 Å². The highest BCUT2D eigenvalue weighted by atomic mass is 16.7. The van der Waals surface area contributed by atoms with E-state index in [-0.39, 0.29) is 6.79 Å². The van der Waals surface area contributed by atoms with Gasteiger partial charge in [-0.25, -0.2) is 4.79 Å². The molecule has 9 heteroatoms. The van der Waals surface area contributed by atoms with Crippen LogP contribution in [0.4, 0.5) is 4.79 Å². The van der Waals surface area contributed by atoms with Crippen LogP contribution in [-0.2, 0) is 29.2 Å². The second-order valence-corrected chi connectivity index (χ2v) is 9.87. The fourth-order valence-electron chi connectivity index (χ4n) is 4.54. The average Bonchev–Trinajstić information content (AvgIpc) is 3.13. The summed E-state index contributed by atoms with van der Waals surface area (Å²) in [5, 5.41) is 0. The first-order valence-electron chi connectivity index (χ1n) is 10.7. The van der Waals surface area contributed by atoms with Crippen molar-refractivity contribution in [2.45, 2.75) is 64.3 Å². The highest BCUT2D eigenvalue weighted by Gasteiger charge is 2.57. The molecule has 3 heterocycles.